The van der Waals surface area contributed by atoms with Gasteiger partial charge in [-0.1, -0.05) is 56.3 Å². The molecule has 1 amide bonds. The molecule has 0 aliphatic rings. The van der Waals surface area contributed by atoms with Crippen molar-refractivity contribution >= 4 is 33.3 Å². The molecule has 2 aromatic carbocycles. The van der Waals surface area contributed by atoms with Crippen molar-refractivity contribution in [3.8, 4) is 11.3 Å². The maximum atomic E-state index is 12.4. The summed E-state index contributed by atoms with van der Waals surface area (Å²) in [6.07, 6.45) is 0. The predicted octanol–water partition coefficient (Wildman–Crippen LogP) is 5.93. The molecule has 130 valence electrons. The van der Waals surface area contributed by atoms with E-state index in [1.807, 2.05) is 29.6 Å². The number of hydrogen-bond donors (Lipinski definition) is 1. The number of carbonyl (C=O) groups excluding carboxylic acids is 1. The summed E-state index contributed by atoms with van der Waals surface area (Å²) in [4.78, 5) is 16.9. The highest BCUT2D eigenvalue weighted by molar-refractivity contribution is 7.14. The van der Waals surface area contributed by atoms with Gasteiger partial charge in [0.2, 0.25) is 0 Å². The Bertz CT molecular complexity index is 1030. The lowest BCUT2D eigenvalue weighted by molar-refractivity contribution is 0.0998. The number of nitrogens with one attached hydrogen (secondary N) is 1. The molecule has 0 unspecified atom stereocenters. The molecule has 2 heterocycles. The summed E-state index contributed by atoms with van der Waals surface area (Å²) in [5.41, 5.74) is 3.88. The third kappa shape index (κ3) is 3.26. The number of nitrogens with zero attached hydrogens (tertiary/aromatic N) is 1. The van der Waals surface area contributed by atoms with Crippen LogP contribution in [0.4, 0.5) is 5.13 Å². The smallest absolute Gasteiger partial charge is 0.293 e. The number of amides is 1. The van der Waals surface area contributed by atoms with Gasteiger partial charge < -0.3 is 4.42 Å². The molecule has 0 saturated carbocycles. The second-order valence-corrected chi connectivity index (χ2v) is 7.28. The van der Waals surface area contributed by atoms with Crippen LogP contribution < -0.4 is 5.32 Å². The van der Waals surface area contributed by atoms with E-state index in [1.165, 1.54) is 16.9 Å². The molecule has 0 aliphatic carbocycles. The topological polar surface area (TPSA) is 55.1 Å². The van der Waals surface area contributed by atoms with Crippen molar-refractivity contribution in [2.45, 2.75) is 19.8 Å². The van der Waals surface area contributed by atoms with E-state index in [0.717, 1.165) is 16.6 Å². The van der Waals surface area contributed by atoms with Gasteiger partial charge >= 0.3 is 0 Å². The number of hydrogen-bond acceptors (Lipinski definition) is 4. The van der Waals surface area contributed by atoms with Crippen molar-refractivity contribution in [2.24, 2.45) is 0 Å². The largest absolute Gasteiger partial charge is 0.451 e. The standard InChI is InChI=1S/C21H18N2O2S/c1-13(2)14-7-9-15(10-8-14)17-12-26-21(22-17)23-20(24)19-11-16-5-3-4-6-18(16)25-19/h3-13H,1-2H3,(H,22,23,24). The number of rotatable bonds is 4. The average molecular weight is 362 g/mol. The van der Waals surface area contributed by atoms with Crippen molar-refractivity contribution in [1.82, 2.24) is 4.98 Å². The fourth-order valence-corrected chi connectivity index (χ4v) is 3.47. The van der Waals surface area contributed by atoms with Crippen LogP contribution in [-0.4, -0.2) is 10.9 Å². The summed E-state index contributed by atoms with van der Waals surface area (Å²) >= 11 is 1.40. The molecular formula is C21H18N2O2S. The van der Waals surface area contributed by atoms with Gasteiger partial charge in [-0.25, -0.2) is 4.98 Å². The van der Waals surface area contributed by atoms with Gasteiger partial charge in [0.05, 0.1) is 5.69 Å². The van der Waals surface area contributed by atoms with Crippen LogP contribution in [0.2, 0.25) is 0 Å². The summed E-state index contributed by atoms with van der Waals surface area (Å²) in [7, 11) is 0. The second-order valence-electron chi connectivity index (χ2n) is 6.42. The van der Waals surface area contributed by atoms with E-state index in [1.54, 1.807) is 6.07 Å². The first-order valence-electron chi connectivity index (χ1n) is 8.46. The van der Waals surface area contributed by atoms with E-state index in [-0.39, 0.29) is 11.7 Å². The molecule has 0 bridgehead atoms. The summed E-state index contributed by atoms with van der Waals surface area (Å²) < 4.78 is 5.59. The molecule has 4 nitrogen and oxygen atoms in total. The van der Waals surface area contributed by atoms with Gasteiger partial charge in [0.15, 0.2) is 10.9 Å². The van der Waals surface area contributed by atoms with Crippen molar-refractivity contribution in [3.05, 3.63) is 71.3 Å². The number of thiazole rings is 1. The van der Waals surface area contributed by atoms with Crippen LogP contribution in [0.5, 0.6) is 0 Å². The fourth-order valence-electron chi connectivity index (χ4n) is 2.76. The SMILES string of the molecule is CC(C)c1ccc(-c2csc(NC(=O)c3cc4ccccc4o3)n2)cc1. The lowest BCUT2D eigenvalue weighted by Gasteiger charge is -2.05. The molecule has 2 aromatic heterocycles. The number of carbonyl (C=O) groups is 1. The number of fused-ring (bicyclic) bond motifs is 1. The molecule has 4 rings (SSSR count). The Balaban J connectivity index is 1.51. The number of furan rings is 1. The van der Waals surface area contributed by atoms with Gasteiger partial charge in [-0.15, -0.1) is 11.3 Å². The molecule has 0 spiro atoms. The van der Waals surface area contributed by atoms with E-state index in [4.69, 9.17) is 4.42 Å². The normalized spacial score (nSPS) is 11.2. The van der Waals surface area contributed by atoms with Crippen LogP contribution in [-0.2, 0) is 0 Å². The van der Waals surface area contributed by atoms with Crippen LogP contribution in [0, 0.1) is 0 Å². The van der Waals surface area contributed by atoms with Crippen LogP contribution in [0.15, 0.2) is 64.4 Å². The molecule has 1 N–H and O–H groups in total. The van der Waals surface area contributed by atoms with Crippen molar-refractivity contribution < 1.29 is 9.21 Å². The zero-order valence-electron chi connectivity index (χ0n) is 14.5. The van der Waals surface area contributed by atoms with E-state index in [0.29, 0.717) is 16.6 Å². The molecule has 26 heavy (non-hydrogen) atoms. The third-order valence-corrected chi connectivity index (χ3v) is 5.00. The fraction of sp³-hybridized carbons (Fsp3) is 0.143. The Morgan fingerprint density at radius 2 is 1.88 bits per heavy atom. The monoisotopic (exact) mass is 362 g/mol. The van der Waals surface area contributed by atoms with E-state index in [2.05, 4.69) is 48.4 Å². The zero-order chi connectivity index (χ0) is 18.1. The maximum Gasteiger partial charge on any atom is 0.293 e. The highest BCUT2D eigenvalue weighted by atomic mass is 32.1. The van der Waals surface area contributed by atoms with Crippen LogP contribution >= 0.6 is 11.3 Å². The highest BCUT2D eigenvalue weighted by Crippen LogP contribution is 2.27. The predicted molar refractivity (Wildman–Crippen MR) is 106 cm³/mol. The Labute approximate surface area is 155 Å². The Kier molecular flexibility index (Phi) is 4.31. The van der Waals surface area contributed by atoms with Crippen LogP contribution in [0.1, 0.15) is 35.9 Å². The average Bonchev–Trinajstić information content (AvgIpc) is 3.28. The lowest BCUT2D eigenvalue weighted by atomic mass is 10.0. The number of para-hydroxylation sites is 1. The van der Waals surface area contributed by atoms with Crippen molar-refractivity contribution in [3.63, 3.8) is 0 Å². The maximum absolute atomic E-state index is 12.4. The highest BCUT2D eigenvalue weighted by Gasteiger charge is 2.14. The third-order valence-electron chi connectivity index (χ3n) is 4.25. The molecule has 4 aromatic rings. The Hall–Kier alpha value is -2.92. The molecule has 0 saturated heterocycles. The van der Waals surface area contributed by atoms with Crippen LogP contribution in [0.3, 0.4) is 0 Å². The zero-order valence-corrected chi connectivity index (χ0v) is 15.3. The summed E-state index contributed by atoms with van der Waals surface area (Å²) in [6, 6.07) is 17.7. The first kappa shape index (κ1) is 16.5. The van der Waals surface area contributed by atoms with Gasteiger partial charge in [0, 0.05) is 16.3 Å². The molecule has 0 fully saturated rings. The quantitative estimate of drug-likeness (QED) is 0.489. The number of anilines is 1. The van der Waals surface area contributed by atoms with Gasteiger partial charge in [0.25, 0.3) is 5.91 Å². The van der Waals surface area contributed by atoms with Crippen molar-refractivity contribution in [1.29, 1.82) is 0 Å². The molecular weight excluding hydrogens is 344 g/mol. The van der Waals surface area contributed by atoms with Crippen LogP contribution in [0.25, 0.3) is 22.2 Å². The molecule has 5 heteroatoms. The summed E-state index contributed by atoms with van der Waals surface area (Å²) in [5.74, 6) is 0.486. The number of benzene rings is 2. The summed E-state index contributed by atoms with van der Waals surface area (Å²) in [6.45, 7) is 4.34. The summed E-state index contributed by atoms with van der Waals surface area (Å²) in [5, 5.41) is 6.22. The number of aromatic nitrogens is 1. The molecule has 0 aliphatic heterocycles. The Morgan fingerprint density at radius 1 is 1.12 bits per heavy atom. The van der Waals surface area contributed by atoms with Gasteiger partial charge in [-0.3, -0.25) is 10.1 Å². The minimum atomic E-state index is -0.294. The lowest BCUT2D eigenvalue weighted by Crippen LogP contribution is -2.10. The van der Waals surface area contributed by atoms with E-state index < -0.39 is 0 Å². The van der Waals surface area contributed by atoms with E-state index >= 15 is 0 Å². The minimum absolute atomic E-state index is 0.282. The molecule has 0 radical (unpaired) electrons. The van der Waals surface area contributed by atoms with Crippen molar-refractivity contribution in [2.75, 3.05) is 5.32 Å². The first-order valence-corrected chi connectivity index (χ1v) is 9.34. The minimum Gasteiger partial charge on any atom is -0.451 e. The molecule has 0 atom stereocenters. The second kappa shape index (κ2) is 6.77. The van der Waals surface area contributed by atoms with Gasteiger partial charge in [-0.05, 0) is 23.6 Å². The Morgan fingerprint density at radius 3 is 2.62 bits per heavy atom. The van der Waals surface area contributed by atoms with E-state index in [9.17, 15) is 4.79 Å². The van der Waals surface area contributed by atoms with Gasteiger partial charge in [0.1, 0.15) is 5.58 Å². The van der Waals surface area contributed by atoms with Gasteiger partial charge in [-0.2, -0.15) is 0 Å². The first-order chi connectivity index (χ1) is 12.6.